The van der Waals surface area contributed by atoms with Gasteiger partial charge in [-0.2, -0.15) is 0 Å². The molecule has 25 heavy (non-hydrogen) atoms. The predicted molar refractivity (Wildman–Crippen MR) is 94.4 cm³/mol. The Bertz CT molecular complexity index is 555. The third kappa shape index (κ3) is 4.73. The maximum atomic E-state index is 12.5. The molecule has 2 aliphatic heterocycles. The molecule has 3 heterocycles. The number of nitrogens with one attached hydrogen (secondary N) is 1. The van der Waals surface area contributed by atoms with Crippen molar-refractivity contribution in [1.29, 1.82) is 0 Å². The number of aromatic nitrogens is 1. The van der Waals surface area contributed by atoms with Gasteiger partial charge in [-0.3, -0.25) is 0 Å². The highest BCUT2D eigenvalue weighted by molar-refractivity contribution is 5.74. The molecule has 2 aliphatic rings. The van der Waals surface area contributed by atoms with Crippen LogP contribution in [0.2, 0.25) is 0 Å². The zero-order valence-corrected chi connectivity index (χ0v) is 15.6. The molecule has 2 amide bonds. The minimum absolute atomic E-state index is 0.0300. The topological polar surface area (TPSA) is 70.8 Å². The summed E-state index contributed by atoms with van der Waals surface area (Å²) >= 11 is 0. The number of rotatable bonds is 5. The standard InChI is InChI=1S/C18H30N4O3/c1-13-17(14(2)25-20-13)12-21(3)18(23)19-15-6-8-22(9-7-15)11-16-5-4-10-24-16/h15-16H,4-12H2,1-3H3,(H,19,23)/t16-/m1/s1. The average molecular weight is 350 g/mol. The molecule has 7 heteroatoms. The zero-order chi connectivity index (χ0) is 17.8. The van der Waals surface area contributed by atoms with Crippen LogP contribution in [0.4, 0.5) is 4.79 Å². The Kier molecular flexibility index (Phi) is 5.96. The van der Waals surface area contributed by atoms with E-state index in [9.17, 15) is 4.79 Å². The second-order valence-electron chi connectivity index (χ2n) is 7.32. The molecule has 0 saturated carbocycles. The fourth-order valence-electron chi connectivity index (χ4n) is 3.66. The van der Waals surface area contributed by atoms with Gasteiger partial charge in [0.2, 0.25) is 0 Å². The first-order chi connectivity index (χ1) is 12.0. The average Bonchev–Trinajstić information content (AvgIpc) is 3.21. The number of carbonyl (C=O) groups is 1. The van der Waals surface area contributed by atoms with Crippen LogP contribution >= 0.6 is 0 Å². The number of hydrogen-bond donors (Lipinski definition) is 1. The van der Waals surface area contributed by atoms with E-state index in [0.29, 0.717) is 12.6 Å². The van der Waals surface area contributed by atoms with Gasteiger partial charge >= 0.3 is 6.03 Å². The van der Waals surface area contributed by atoms with Crippen LogP contribution < -0.4 is 5.32 Å². The highest BCUT2D eigenvalue weighted by Gasteiger charge is 2.25. The van der Waals surface area contributed by atoms with Crippen LogP contribution in [0.1, 0.15) is 42.7 Å². The Labute approximate surface area is 149 Å². The lowest BCUT2D eigenvalue weighted by atomic mass is 10.0. The zero-order valence-electron chi connectivity index (χ0n) is 15.6. The van der Waals surface area contributed by atoms with E-state index in [1.807, 2.05) is 20.9 Å². The number of amides is 2. The maximum Gasteiger partial charge on any atom is 0.317 e. The minimum Gasteiger partial charge on any atom is -0.377 e. The molecule has 1 atom stereocenters. The summed E-state index contributed by atoms with van der Waals surface area (Å²) in [5.41, 5.74) is 1.84. The van der Waals surface area contributed by atoms with E-state index >= 15 is 0 Å². The summed E-state index contributed by atoms with van der Waals surface area (Å²) in [4.78, 5) is 16.6. The molecule has 1 aromatic heterocycles. The van der Waals surface area contributed by atoms with E-state index in [1.165, 1.54) is 12.8 Å². The van der Waals surface area contributed by atoms with Crippen molar-refractivity contribution in [2.75, 3.05) is 33.3 Å². The highest BCUT2D eigenvalue weighted by Crippen LogP contribution is 2.18. The van der Waals surface area contributed by atoms with Crippen molar-refractivity contribution in [3.63, 3.8) is 0 Å². The molecule has 0 bridgehead atoms. The van der Waals surface area contributed by atoms with Gasteiger partial charge < -0.3 is 24.4 Å². The van der Waals surface area contributed by atoms with Crippen LogP contribution in [0, 0.1) is 13.8 Å². The fraction of sp³-hybridized carbons (Fsp3) is 0.778. The number of hydrogen-bond acceptors (Lipinski definition) is 5. The van der Waals surface area contributed by atoms with Crippen molar-refractivity contribution in [2.24, 2.45) is 0 Å². The van der Waals surface area contributed by atoms with E-state index in [-0.39, 0.29) is 12.1 Å². The molecular formula is C18H30N4O3. The normalized spacial score (nSPS) is 22.3. The number of likely N-dealkylation sites (tertiary alicyclic amines) is 1. The molecule has 0 aromatic carbocycles. The number of carbonyl (C=O) groups excluding carboxylic acids is 1. The number of nitrogens with zero attached hydrogens (tertiary/aromatic N) is 3. The van der Waals surface area contributed by atoms with Crippen LogP contribution in [0.5, 0.6) is 0 Å². The molecule has 2 fully saturated rings. The van der Waals surface area contributed by atoms with Crippen LogP contribution in [0.15, 0.2) is 4.52 Å². The highest BCUT2D eigenvalue weighted by atomic mass is 16.5. The quantitative estimate of drug-likeness (QED) is 0.880. The maximum absolute atomic E-state index is 12.5. The third-order valence-electron chi connectivity index (χ3n) is 5.32. The molecule has 7 nitrogen and oxygen atoms in total. The van der Waals surface area contributed by atoms with E-state index < -0.39 is 0 Å². The lowest BCUT2D eigenvalue weighted by Gasteiger charge is -2.34. The van der Waals surface area contributed by atoms with Gasteiger partial charge in [0.05, 0.1) is 18.3 Å². The van der Waals surface area contributed by atoms with Crippen molar-refractivity contribution in [3.05, 3.63) is 17.0 Å². The molecule has 3 rings (SSSR count). The summed E-state index contributed by atoms with van der Waals surface area (Å²) in [7, 11) is 1.81. The number of piperidine rings is 1. The molecular weight excluding hydrogens is 320 g/mol. The number of aryl methyl sites for hydroxylation is 2. The van der Waals surface area contributed by atoms with Crippen molar-refractivity contribution in [2.45, 2.75) is 58.2 Å². The Balaban J connectivity index is 1.41. The number of ether oxygens (including phenoxy) is 1. The summed E-state index contributed by atoms with van der Waals surface area (Å²) in [6.07, 6.45) is 4.78. The molecule has 0 aliphatic carbocycles. The summed E-state index contributed by atoms with van der Waals surface area (Å²) < 4.78 is 10.9. The monoisotopic (exact) mass is 350 g/mol. The first kappa shape index (κ1) is 18.2. The first-order valence-electron chi connectivity index (χ1n) is 9.30. The van der Waals surface area contributed by atoms with Crippen LogP contribution in [0.25, 0.3) is 0 Å². The van der Waals surface area contributed by atoms with Crippen LogP contribution in [0.3, 0.4) is 0 Å². The summed E-state index contributed by atoms with van der Waals surface area (Å²) in [6, 6.07) is 0.220. The predicted octanol–water partition coefficient (Wildman–Crippen LogP) is 2.08. The molecule has 0 radical (unpaired) electrons. The first-order valence-corrected chi connectivity index (χ1v) is 9.30. The van der Waals surface area contributed by atoms with E-state index in [4.69, 9.17) is 9.26 Å². The summed E-state index contributed by atoms with van der Waals surface area (Å²) in [6.45, 7) is 8.30. The largest absolute Gasteiger partial charge is 0.377 e. The fourth-order valence-corrected chi connectivity index (χ4v) is 3.66. The van der Waals surface area contributed by atoms with Crippen molar-refractivity contribution in [1.82, 2.24) is 20.3 Å². The third-order valence-corrected chi connectivity index (χ3v) is 5.32. The second kappa shape index (κ2) is 8.19. The van der Waals surface area contributed by atoms with Crippen LogP contribution in [-0.2, 0) is 11.3 Å². The van der Waals surface area contributed by atoms with Crippen molar-refractivity contribution in [3.8, 4) is 0 Å². The van der Waals surface area contributed by atoms with Gasteiger partial charge in [-0.25, -0.2) is 4.79 Å². The lowest BCUT2D eigenvalue weighted by Crippen LogP contribution is -2.49. The lowest BCUT2D eigenvalue weighted by molar-refractivity contribution is 0.0629. The second-order valence-corrected chi connectivity index (χ2v) is 7.32. The molecule has 0 spiro atoms. The summed E-state index contributed by atoms with van der Waals surface area (Å²) in [5.74, 6) is 0.777. The summed E-state index contributed by atoms with van der Waals surface area (Å²) in [5, 5.41) is 7.11. The van der Waals surface area contributed by atoms with Crippen molar-refractivity contribution >= 4 is 6.03 Å². The smallest absolute Gasteiger partial charge is 0.317 e. The Morgan fingerprint density at radius 3 is 2.68 bits per heavy atom. The van der Waals surface area contributed by atoms with Gasteiger partial charge in [0.1, 0.15) is 5.76 Å². The molecule has 0 unspecified atom stereocenters. The molecule has 1 aromatic rings. The van der Waals surface area contributed by atoms with E-state index in [2.05, 4.69) is 15.4 Å². The Hall–Kier alpha value is -1.60. The van der Waals surface area contributed by atoms with Gasteiger partial charge in [0.25, 0.3) is 0 Å². The Morgan fingerprint density at radius 2 is 2.08 bits per heavy atom. The van der Waals surface area contributed by atoms with Crippen LogP contribution in [-0.4, -0.2) is 66.4 Å². The van der Waals surface area contributed by atoms with Gasteiger partial charge in [-0.05, 0) is 39.5 Å². The van der Waals surface area contributed by atoms with Crippen molar-refractivity contribution < 1.29 is 14.1 Å². The van der Waals surface area contributed by atoms with E-state index in [1.54, 1.807) is 4.90 Å². The van der Waals surface area contributed by atoms with Gasteiger partial charge in [-0.15, -0.1) is 0 Å². The number of urea groups is 1. The molecule has 140 valence electrons. The molecule has 1 N–H and O–H groups in total. The van der Waals surface area contributed by atoms with E-state index in [0.717, 1.165) is 56.1 Å². The van der Waals surface area contributed by atoms with Gasteiger partial charge in [0, 0.05) is 44.9 Å². The minimum atomic E-state index is -0.0300. The Morgan fingerprint density at radius 1 is 1.32 bits per heavy atom. The SMILES string of the molecule is Cc1noc(C)c1CN(C)C(=O)NC1CCN(C[C@H]2CCCO2)CC1. The van der Waals surface area contributed by atoms with Gasteiger partial charge in [-0.1, -0.05) is 5.16 Å². The molecule has 2 saturated heterocycles. The van der Waals surface area contributed by atoms with Gasteiger partial charge in [0.15, 0.2) is 0 Å².